The van der Waals surface area contributed by atoms with E-state index in [0.29, 0.717) is 31.1 Å². The summed E-state index contributed by atoms with van der Waals surface area (Å²) in [5.74, 6) is 0.355. The number of likely N-dealkylation sites (tertiary alicyclic amines) is 1. The fraction of sp³-hybridized carbons (Fsp3) is 0.722. The van der Waals surface area contributed by atoms with Crippen LogP contribution in [0.15, 0.2) is 12.4 Å². The highest BCUT2D eigenvalue weighted by atomic mass is 16.5. The fourth-order valence-electron chi connectivity index (χ4n) is 3.12. The van der Waals surface area contributed by atoms with Crippen LogP contribution in [-0.2, 0) is 10.3 Å². The first kappa shape index (κ1) is 19.4. The second kappa shape index (κ2) is 9.56. The van der Waals surface area contributed by atoms with Crippen LogP contribution >= 0.6 is 0 Å². The molecular formula is C18H29N3O4. The Hall–Kier alpha value is -1.89. The van der Waals surface area contributed by atoms with Crippen LogP contribution in [0.1, 0.15) is 57.6 Å². The van der Waals surface area contributed by atoms with Crippen molar-refractivity contribution in [2.45, 2.75) is 57.5 Å². The van der Waals surface area contributed by atoms with Gasteiger partial charge in [0.2, 0.25) is 5.88 Å². The van der Waals surface area contributed by atoms with Crippen LogP contribution in [0.4, 0.5) is 4.79 Å². The van der Waals surface area contributed by atoms with Gasteiger partial charge in [0.15, 0.2) is 0 Å². The molecule has 1 aromatic rings. The third-order valence-electron chi connectivity index (χ3n) is 4.50. The summed E-state index contributed by atoms with van der Waals surface area (Å²) >= 11 is 0. The lowest BCUT2D eigenvalue weighted by Gasteiger charge is -2.31. The number of carbonyl (C=O) groups excluding carboxylic acids is 1. The maximum atomic E-state index is 11.9. The number of aliphatic hydroxyl groups is 1. The van der Waals surface area contributed by atoms with Gasteiger partial charge in [0.1, 0.15) is 11.3 Å². The van der Waals surface area contributed by atoms with E-state index in [9.17, 15) is 9.90 Å². The summed E-state index contributed by atoms with van der Waals surface area (Å²) in [5.41, 5.74) is -0.876. The summed E-state index contributed by atoms with van der Waals surface area (Å²) in [7, 11) is 1.35. The SMILES string of the molecule is CCCCCCOc1nccnc1C1(O)CCCCN(C(=O)OC)C1. The van der Waals surface area contributed by atoms with Crippen LogP contribution in [0.25, 0.3) is 0 Å². The molecule has 1 saturated heterocycles. The van der Waals surface area contributed by atoms with Gasteiger partial charge in [-0.2, -0.15) is 0 Å². The summed E-state index contributed by atoms with van der Waals surface area (Å²) in [4.78, 5) is 22.0. The molecule has 1 aliphatic rings. The largest absolute Gasteiger partial charge is 0.476 e. The number of methoxy groups -OCH3 is 1. The molecule has 0 aromatic carbocycles. The molecule has 1 N–H and O–H groups in total. The Kier molecular flexibility index (Phi) is 7.43. The molecule has 1 atom stereocenters. The summed E-state index contributed by atoms with van der Waals surface area (Å²) < 4.78 is 10.6. The van der Waals surface area contributed by atoms with Gasteiger partial charge in [-0.05, 0) is 25.7 Å². The van der Waals surface area contributed by atoms with E-state index in [1.54, 1.807) is 12.4 Å². The standard InChI is InChI=1S/C18H29N3O4/c1-3-4-5-8-13-25-16-15(19-10-11-20-16)18(23)9-6-7-12-21(14-18)17(22)24-2/h10-11,23H,3-9,12-14H2,1-2H3. The van der Waals surface area contributed by atoms with E-state index in [1.165, 1.54) is 24.9 Å². The number of carbonyl (C=O) groups is 1. The highest BCUT2D eigenvalue weighted by Crippen LogP contribution is 2.34. The molecule has 0 bridgehead atoms. The Morgan fingerprint density at radius 3 is 2.84 bits per heavy atom. The van der Waals surface area contributed by atoms with Gasteiger partial charge >= 0.3 is 6.09 Å². The van der Waals surface area contributed by atoms with Crippen LogP contribution in [-0.4, -0.2) is 52.9 Å². The molecule has 0 aliphatic carbocycles. The third-order valence-corrected chi connectivity index (χ3v) is 4.50. The van der Waals surface area contributed by atoms with Crippen molar-refractivity contribution in [3.8, 4) is 5.88 Å². The zero-order valence-electron chi connectivity index (χ0n) is 15.2. The number of nitrogens with zero attached hydrogens (tertiary/aromatic N) is 3. The average molecular weight is 351 g/mol. The Bertz CT molecular complexity index is 555. The van der Waals surface area contributed by atoms with Crippen molar-refractivity contribution in [3.05, 3.63) is 18.1 Å². The Labute approximate surface area is 149 Å². The van der Waals surface area contributed by atoms with Crippen LogP contribution in [0, 0.1) is 0 Å². The molecule has 7 nitrogen and oxygen atoms in total. The van der Waals surface area contributed by atoms with E-state index in [-0.39, 0.29) is 6.54 Å². The normalized spacial score (nSPS) is 20.8. The predicted molar refractivity (Wildman–Crippen MR) is 93.4 cm³/mol. The predicted octanol–water partition coefficient (Wildman–Crippen LogP) is 2.88. The van der Waals surface area contributed by atoms with Gasteiger partial charge in [0.25, 0.3) is 0 Å². The quantitative estimate of drug-likeness (QED) is 0.760. The van der Waals surface area contributed by atoms with E-state index in [0.717, 1.165) is 25.7 Å². The van der Waals surface area contributed by atoms with Crippen molar-refractivity contribution in [1.82, 2.24) is 14.9 Å². The van der Waals surface area contributed by atoms with Gasteiger partial charge < -0.3 is 19.5 Å². The van der Waals surface area contributed by atoms with Crippen molar-refractivity contribution in [1.29, 1.82) is 0 Å². The molecule has 1 aliphatic heterocycles. The zero-order chi connectivity index (χ0) is 18.1. The molecule has 1 aromatic heterocycles. The number of hydrogen-bond donors (Lipinski definition) is 1. The molecule has 2 heterocycles. The zero-order valence-corrected chi connectivity index (χ0v) is 15.2. The fourth-order valence-corrected chi connectivity index (χ4v) is 3.12. The monoisotopic (exact) mass is 351 g/mol. The Morgan fingerprint density at radius 2 is 2.08 bits per heavy atom. The molecule has 25 heavy (non-hydrogen) atoms. The second-order valence-corrected chi connectivity index (χ2v) is 6.50. The van der Waals surface area contributed by atoms with E-state index in [2.05, 4.69) is 16.9 Å². The lowest BCUT2D eigenvalue weighted by atomic mass is 9.93. The van der Waals surface area contributed by atoms with Gasteiger partial charge in [0.05, 0.1) is 20.3 Å². The van der Waals surface area contributed by atoms with Gasteiger partial charge in [-0.3, -0.25) is 4.98 Å². The molecule has 1 fully saturated rings. The number of amides is 1. The van der Waals surface area contributed by atoms with Crippen molar-refractivity contribution in [2.75, 3.05) is 26.8 Å². The minimum Gasteiger partial charge on any atom is -0.476 e. The number of β-amino-alcohol motifs (C(OH)–C–C–N with tert-alkyl or cyclic N) is 1. The van der Waals surface area contributed by atoms with E-state index < -0.39 is 11.7 Å². The lowest BCUT2D eigenvalue weighted by molar-refractivity contribution is -0.00400. The molecule has 1 amide bonds. The molecule has 7 heteroatoms. The van der Waals surface area contributed by atoms with Gasteiger partial charge in [-0.1, -0.05) is 26.2 Å². The molecule has 0 saturated carbocycles. The average Bonchev–Trinajstić information content (AvgIpc) is 2.84. The molecular weight excluding hydrogens is 322 g/mol. The Morgan fingerprint density at radius 1 is 1.28 bits per heavy atom. The van der Waals surface area contributed by atoms with Gasteiger partial charge in [0, 0.05) is 18.9 Å². The topological polar surface area (TPSA) is 84.8 Å². The second-order valence-electron chi connectivity index (χ2n) is 6.50. The smallest absolute Gasteiger partial charge is 0.409 e. The lowest BCUT2D eigenvalue weighted by Crippen LogP contribution is -2.43. The maximum absolute atomic E-state index is 11.9. The van der Waals surface area contributed by atoms with Crippen LogP contribution in [0.5, 0.6) is 5.88 Å². The first-order valence-corrected chi connectivity index (χ1v) is 9.10. The summed E-state index contributed by atoms with van der Waals surface area (Å²) in [6.07, 6.45) is 9.16. The number of rotatable bonds is 7. The molecule has 0 radical (unpaired) electrons. The molecule has 0 spiro atoms. The minimum absolute atomic E-state index is 0.130. The summed E-state index contributed by atoms with van der Waals surface area (Å²) in [5, 5.41) is 11.2. The summed E-state index contributed by atoms with van der Waals surface area (Å²) in [6.45, 7) is 3.39. The molecule has 2 rings (SSSR count). The number of hydrogen-bond acceptors (Lipinski definition) is 6. The van der Waals surface area contributed by atoms with Crippen LogP contribution < -0.4 is 4.74 Å². The van der Waals surface area contributed by atoms with Gasteiger partial charge in [-0.15, -0.1) is 0 Å². The third kappa shape index (κ3) is 5.29. The maximum Gasteiger partial charge on any atom is 0.409 e. The number of ether oxygens (including phenoxy) is 2. The van der Waals surface area contributed by atoms with Crippen molar-refractivity contribution in [3.63, 3.8) is 0 Å². The van der Waals surface area contributed by atoms with Crippen LogP contribution in [0.2, 0.25) is 0 Å². The van der Waals surface area contributed by atoms with Crippen molar-refractivity contribution >= 4 is 6.09 Å². The minimum atomic E-state index is -1.28. The molecule has 140 valence electrons. The number of unbranched alkanes of at least 4 members (excludes halogenated alkanes) is 3. The first-order chi connectivity index (χ1) is 12.1. The van der Waals surface area contributed by atoms with Crippen molar-refractivity contribution < 1.29 is 19.4 Å². The van der Waals surface area contributed by atoms with Crippen molar-refractivity contribution in [2.24, 2.45) is 0 Å². The van der Waals surface area contributed by atoms with E-state index in [4.69, 9.17) is 9.47 Å². The highest BCUT2D eigenvalue weighted by molar-refractivity contribution is 5.67. The highest BCUT2D eigenvalue weighted by Gasteiger charge is 2.39. The summed E-state index contributed by atoms with van der Waals surface area (Å²) in [6, 6.07) is 0. The molecule has 1 unspecified atom stereocenters. The van der Waals surface area contributed by atoms with E-state index >= 15 is 0 Å². The van der Waals surface area contributed by atoms with Crippen LogP contribution in [0.3, 0.4) is 0 Å². The first-order valence-electron chi connectivity index (χ1n) is 9.10. The van der Waals surface area contributed by atoms with E-state index in [1.807, 2.05) is 0 Å². The Balaban J connectivity index is 2.13. The number of aromatic nitrogens is 2. The van der Waals surface area contributed by atoms with Gasteiger partial charge in [-0.25, -0.2) is 9.78 Å².